The third-order valence-electron chi connectivity index (χ3n) is 6.12. The van der Waals surface area contributed by atoms with E-state index in [2.05, 4.69) is 0 Å². The Morgan fingerprint density at radius 3 is 2.08 bits per heavy atom. The first-order chi connectivity index (χ1) is 17.2. The third-order valence-corrected chi connectivity index (χ3v) is 6.12. The molecule has 0 aliphatic carbocycles. The van der Waals surface area contributed by atoms with Crippen LogP contribution in [0.2, 0.25) is 0 Å². The molecule has 1 heterocycles. The number of phenols is 1. The van der Waals surface area contributed by atoms with Gasteiger partial charge in [0.25, 0.3) is 5.56 Å². The summed E-state index contributed by atoms with van der Waals surface area (Å²) in [7, 11) is 5.68. The topological polar surface area (TPSA) is 116 Å². The second kappa shape index (κ2) is 11.5. The summed E-state index contributed by atoms with van der Waals surface area (Å²) in [5.74, 6) is -0.402. The molecule has 0 amide bonds. The minimum absolute atomic E-state index is 0.0611. The van der Waals surface area contributed by atoms with E-state index in [0.29, 0.717) is 41.5 Å². The Hall–Kier alpha value is -4.14. The second-order valence-corrected chi connectivity index (χ2v) is 8.25. The summed E-state index contributed by atoms with van der Waals surface area (Å²) in [6.07, 6.45) is 0.329. The van der Waals surface area contributed by atoms with Gasteiger partial charge in [-0.1, -0.05) is 12.1 Å². The highest BCUT2D eigenvalue weighted by Crippen LogP contribution is 2.43. The summed E-state index contributed by atoms with van der Waals surface area (Å²) in [6, 6.07) is 11.5. The molecule has 0 aliphatic heterocycles. The summed E-state index contributed by atoms with van der Waals surface area (Å²) in [5.41, 5.74) is 1.65. The lowest BCUT2D eigenvalue weighted by atomic mass is 9.87. The number of esters is 1. The largest absolute Gasteiger partial charge is 0.508 e. The number of benzene rings is 2. The number of methoxy groups -OCH3 is 4. The number of ether oxygens (including phenoxy) is 4. The van der Waals surface area contributed by atoms with Crippen LogP contribution in [0.25, 0.3) is 0 Å². The number of aromatic nitrogens is 1. The molecule has 0 radical (unpaired) electrons. The van der Waals surface area contributed by atoms with Gasteiger partial charge < -0.3 is 33.7 Å². The van der Waals surface area contributed by atoms with Gasteiger partial charge >= 0.3 is 5.97 Å². The highest BCUT2D eigenvalue weighted by Gasteiger charge is 2.29. The number of carbonyl (C=O) groups excluding carboxylic acids is 1. The zero-order chi connectivity index (χ0) is 26.4. The summed E-state index contributed by atoms with van der Waals surface area (Å²) >= 11 is 0. The predicted octanol–water partition coefficient (Wildman–Crippen LogP) is 3.53. The minimum Gasteiger partial charge on any atom is -0.508 e. The molecule has 2 aromatic carbocycles. The lowest BCUT2D eigenvalue weighted by molar-refractivity contribution is -0.140. The van der Waals surface area contributed by atoms with Crippen LogP contribution in [0.5, 0.6) is 28.7 Å². The van der Waals surface area contributed by atoms with Crippen LogP contribution in [0.4, 0.5) is 0 Å². The molecule has 1 atom stereocenters. The monoisotopic (exact) mass is 497 g/mol. The fourth-order valence-corrected chi connectivity index (χ4v) is 4.22. The number of aromatic hydroxyl groups is 2. The molecule has 1 aromatic heterocycles. The van der Waals surface area contributed by atoms with Crippen molar-refractivity contribution < 1.29 is 34.0 Å². The fraction of sp³-hybridized carbons (Fsp3) is 0.333. The van der Waals surface area contributed by atoms with Crippen LogP contribution < -0.4 is 19.8 Å². The summed E-state index contributed by atoms with van der Waals surface area (Å²) < 4.78 is 22.7. The second-order valence-electron chi connectivity index (χ2n) is 8.25. The maximum Gasteiger partial charge on any atom is 0.306 e. The first-order valence-electron chi connectivity index (χ1n) is 11.3. The van der Waals surface area contributed by atoms with Gasteiger partial charge in [-0.3, -0.25) is 9.59 Å². The van der Waals surface area contributed by atoms with Gasteiger partial charge in [0.2, 0.25) is 5.75 Å². The average molecular weight is 498 g/mol. The van der Waals surface area contributed by atoms with Crippen LogP contribution >= 0.6 is 0 Å². The Morgan fingerprint density at radius 2 is 1.56 bits per heavy atom. The van der Waals surface area contributed by atoms with Gasteiger partial charge in [-0.05, 0) is 54.8 Å². The zero-order valence-corrected chi connectivity index (χ0v) is 21.0. The maximum absolute atomic E-state index is 13.7. The molecule has 2 N–H and O–H groups in total. The van der Waals surface area contributed by atoms with Crippen LogP contribution in [0.3, 0.4) is 0 Å². The highest BCUT2D eigenvalue weighted by atomic mass is 16.5. The molecule has 3 rings (SSSR count). The Morgan fingerprint density at radius 1 is 0.944 bits per heavy atom. The van der Waals surface area contributed by atoms with E-state index in [9.17, 15) is 19.8 Å². The SMILES string of the molecule is COC(=O)C[C@@H](c1cc(OC)c(OC)c(OC)c1)c1c(O)cc(C)n(CCc2ccc(O)cc2)c1=O. The van der Waals surface area contributed by atoms with Crippen molar-refractivity contribution in [3.05, 3.63) is 75.2 Å². The maximum atomic E-state index is 13.7. The lowest BCUT2D eigenvalue weighted by Crippen LogP contribution is -2.29. The van der Waals surface area contributed by atoms with E-state index >= 15 is 0 Å². The summed E-state index contributed by atoms with van der Waals surface area (Å²) in [6.45, 7) is 2.07. The summed E-state index contributed by atoms with van der Waals surface area (Å²) in [5, 5.41) is 20.4. The quantitative estimate of drug-likeness (QED) is 0.409. The van der Waals surface area contributed by atoms with E-state index in [-0.39, 0.29) is 23.5 Å². The highest BCUT2D eigenvalue weighted by molar-refractivity contribution is 5.72. The van der Waals surface area contributed by atoms with E-state index in [1.807, 2.05) is 0 Å². The van der Waals surface area contributed by atoms with Crippen LogP contribution in [0, 0.1) is 6.92 Å². The molecular weight excluding hydrogens is 466 g/mol. The fourth-order valence-electron chi connectivity index (χ4n) is 4.22. The van der Waals surface area contributed by atoms with Gasteiger partial charge in [0.1, 0.15) is 11.5 Å². The molecule has 0 saturated carbocycles. The van der Waals surface area contributed by atoms with E-state index in [1.54, 1.807) is 47.9 Å². The van der Waals surface area contributed by atoms with Crippen molar-refractivity contribution in [2.24, 2.45) is 0 Å². The third kappa shape index (κ3) is 5.56. The Labute approximate surface area is 209 Å². The number of pyridine rings is 1. The van der Waals surface area contributed by atoms with Crippen molar-refractivity contribution in [3.8, 4) is 28.7 Å². The van der Waals surface area contributed by atoms with Crippen LogP contribution in [-0.4, -0.2) is 49.2 Å². The van der Waals surface area contributed by atoms with Gasteiger partial charge in [0.15, 0.2) is 11.5 Å². The predicted molar refractivity (Wildman–Crippen MR) is 133 cm³/mol. The molecule has 0 saturated heterocycles. The van der Waals surface area contributed by atoms with Gasteiger partial charge in [-0.2, -0.15) is 0 Å². The number of rotatable bonds is 10. The van der Waals surface area contributed by atoms with Crippen molar-refractivity contribution in [3.63, 3.8) is 0 Å². The number of phenolic OH excluding ortho intramolecular Hbond substituents is 1. The molecule has 9 heteroatoms. The number of nitrogens with zero attached hydrogens (tertiary/aromatic N) is 1. The molecule has 36 heavy (non-hydrogen) atoms. The number of hydrogen-bond donors (Lipinski definition) is 2. The van der Waals surface area contributed by atoms with Gasteiger partial charge in [-0.15, -0.1) is 0 Å². The molecule has 0 unspecified atom stereocenters. The van der Waals surface area contributed by atoms with E-state index < -0.39 is 17.4 Å². The van der Waals surface area contributed by atoms with E-state index in [4.69, 9.17) is 18.9 Å². The first kappa shape index (κ1) is 26.5. The summed E-state index contributed by atoms with van der Waals surface area (Å²) in [4.78, 5) is 26.1. The van der Waals surface area contributed by atoms with Crippen molar-refractivity contribution >= 4 is 5.97 Å². The number of carbonyl (C=O) groups is 1. The molecule has 0 aliphatic rings. The van der Waals surface area contributed by atoms with Gasteiger partial charge in [0, 0.05) is 18.2 Å². The first-order valence-corrected chi connectivity index (χ1v) is 11.3. The zero-order valence-electron chi connectivity index (χ0n) is 21.0. The smallest absolute Gasteiger partial charge is 0.306 e. The van der Waals surface area contributed by atoms with Crippen LogP contribution in [0.1, 0.15) is 34.7 Å². The number of hydrogen-bond acceptors (Lipinski definition) is 8. The van der Waals surface area contributed by atoms with Crippen LogP contribution in [-0.2, 0) is 22.5 Å². The van der Waals surface area contributed by atoms with Crippen LogP contribution in [0.15, 0.2) is 47.3 Å². The number of aryl methyl sites for hydroxylation is 2. The van der Waals surface area contributed by atoms with Crippen molar-refractivity contribution in [2.75, 3.05) is 28.4 Å². The lowest BCUT2D eigenvalue weighted by Gasteiger charge is -2.22. The average Bonchev–Trinajstić information content (AvgIpc) is 2.87. The van der Waals surface area contributed by atoms with E-state index in [0.717, 1.165) is 5.56 Å². The minimum atomic E-state index is -0.848. The molecule has 0 spiro atoms. The molecule has 192 valence electrons. The Balaban J connectivity index is 2.14. The van der Waals surface area contributed by atoms with Gasteiger partial charge in [-0.25, -0.2) is 0 Å². The molecule has 0 bridgehead atoms. The molecular formula is C27H31NO8. The normalized spacial score (nSPS) is 11.6. The van der Waals surface area contributed by atoms with Gasteiger partial charge in [0.05, 0.1) is 40.4 Å². The molecule has 9 nitrogen and oxygen atoms in total. The Kier molecular flexibility index (Phi) is 8.47. The van der Waals surface area contributed by atoms with Crippen molar-refractivity contribution in [2.45, 2.75) is 32.2 Å². The Bertz CT molecular complexity index is 1260. The molecule has 0 fully saturated rings. The standard InChI is InChI=1S/C27H31NO8/c1-16-12-21(30)25(27(32)28(16)11-10-17-6-8-19(29)9-7-17)20(15-24(31)35-4)18-13-22(33-2)26(36-5)23(14-18)34-3/h6-9,12-14,20,29-30H,10-11,15H2,1-5H3/t20-/m0/s1. The molecule has 3 aromatic rings. The van der Waals surface area contributed by atoms with Crippen molar-refractivity contribution in [1.29, 1.82) is 0 Å². The van der Waals surface area contributed by atoms with Crippen molar-refractivity contribution in [1.82, 2.24) is 4.57 Å². The van der Waals surface area contributed by atoms with E-state index in [1.165, 1.54) is 34.5 Å².